The molecule has 1 fully saturated rings. The Kier molecular flexibility index (Phi) is 3.58. The molecule has 0 bridgehead atoms. The first-order valence-corrected chi connectivity index (χ1v) is 8.16. The standard InChI is InChI=1S/C19H20N4O/c1-13-4-3-5-17(8-13)23-18-9-16(7-6-14(18)12-21-23)22(2)19(24)15-10-20-11-15/h3-9,12,15,20H,10-11H2,1-2H3. The predicted octanol–water partition coefficient (Wildman–Crippen LogP) is 2.52. The Morgan fingerprint density at radius 3 is 2.79 bits per heavy atom. The van der Waals surface area contributed by atoms with Crippen molar-refractivity contribution in [1.82, 2.24) is 15.1 Å². The molecule has 1 saturated heterocycles. The van der Waals surface area contributed by atoms with Crippen LogP contribution in [0.2, 0.25) is 0 Å². The van der Waals surface area contributed by atoms with Crippen molar-refractivity contribution >= 4 is 22.5 Å². The lowest BCUT2D eigenvalue weighted by Gasteiger charge is -2.30. The highest BCUT2D eigenvalue weighted by Gasteiger charge is 2.28. The van der Waals surface area contributed by atoms with Crippen molar-refractivity contribution < 1.29 is 4.79 Å². The Labute approximate surface area is 140 Å². The van der Waals surface area contributed by atoms with E-state index in [0.717, 1.165) is 35.4 Å². The lowest BCUT2D eigenvalue weighted by atomic mass is 10.0. The Balaban J connectivity index is 1.74. The zero-order valence-corrected chi connectivity index (χ0v) is 13.9. The molecule has 1 aliphatic rings. The molecule has 5 heteroatoms. The zero-order valence-electron chi connectivity index (χ0n) is 13.9. The molecule has 1 N–H and O–H groups in total. The summed E-state index contributed by atoms with van der Waals surface area (Å²) in [4.78, 5) is 14.2. The monoisotopic (exact) mass is 320 g/mol. The molecular weight excluding hydrogens is 300 g/mol. The highest BCUT2D eigenvalue weighted by atomic mass is 16.2. The number of aromatic nitrogens is 2. The molecule has 3 aromatic rings. The third kappa shape index (κ3) is 2.47. The second-order valence-corrected chi connectivity index (χ2v) is 6.39. The number of nitrogens with one attached hydrogen (secondary N) is 1. The molecule has 2 aromatic carbocycles. The third-order valence-electron chi connectivity index (χ3n) is 4.65. The van der Waals surface area contributed by atoms with Crippen LogP contribution >= 0.6 is 0 Å². The van der Waals surface area contributed by atoms with Crippen molar-refractivity contribution in [2.24, 2.45) is 5.92 Å². The van der Waals surface area contributed by atoms with Crippen molar-refractivity contribution in [1.29, 1.82) is 0 Å². The predicted molar refractivity (Wildman–Crippen MR) is 95.6 cm³/mol. The van der Waals surface area contributed by atoms with Gasteiger partial charge in [-0.25, -0.2) is 4.68 Å². The van der Waals surface area contributed by atoms with Crippen LogP contribution in [0.1, 0.15) is 5.56 Å². The summed E-state index contributed by atoms with van der Waals surface area (Å²) in [6.45, 7) is 3.61. The quantitative estimate of drug-likeness (QED) is 0.807. The fourth-order valence-corrected chi connectivity index (χ4v) is 3.05. The number of nitrogens with zero attached hydrogens (tertiary/aromatic N) is 3. The Hall–Kier alpha value is -2.66. The van der Waals surface area contributed by atoms with Gasteiger partial charge in [0.05, 0.1) is 23.3 Å². The minimum absolute atomic E-state index is 0.0902. The van der Waals surface area contributed by atoms with Gasteiger partial charge in [-0.3, -0.25) is 4.79 Å². The summed E-state index contributed by atoms with van der Waals surface area (Å²) < 4.78 is 1.93. The summed E-state index contributed by atoms with van der Waals surface area (Å²) >= 11 is 0. The minimum Gasteiger partial charge on any atom is -0.315 e. The summed E-state index contributed by atoms with van der Waals surface area (Å²) in [7, 11) is 1.84. The molecule has 0 radical (unpaired) electrons. The fraction of sp³-hybridized carbons (Fsp3) is 0.263. The highest BCUT2D eigenvalue weighted by Crippen LogP contribution is 2.25. The van der Waals surface area contributed by atoms with Gasteiger partial charge in [0.2, 0.25) is 5.91 Å². The van der Waals surface area contributed by atoms with Crippen LogP contribution in [0.3, 0.4) is 0 Å². The first-order chi connectivity index (χ1) is 11.6. The number of carbonyl (C=O) groups is 1. The van der Waals surface area contributed by atoms with Crippen LogP contribution in [-0.2, 0) is 4.79 Å². The number of hydrogen-bond acceptors (Lipinski definition) is 3. The molecule has 24 heavy (non-hydrogen) atoms. The number of rotatable bonds is 3. The van der Waals surface area contributed by atoms with Crippen molar-refractivity contribution in [3.05, 3.63) is 54.2 Å². The molecule has 122 valence electrons. The minimum atomic E-state index is 0.0902. The first kappa shape index (κ1) is 14.9. The van der Waals surface area contributed by atoms with E-state index in [2.05, 4.69) is 29.5 Å². The molecular formula is C19H20N4O. The smallest absolute Gasteiger partial charge is 0.232 e. The Morgan fingerprint density at radius 1 is 1.25 bits per heavy atom. The van der Waals surface area contributed by atoms with E-state index < -0.39 is 0 Å². The lowest BCUT2D eigenvalue weighted by Crippen LogP contribution is -2.51. The van der Waals surface area contributed by atoms with Gasteiger partial charge in [-0.2, -0.15) is 5.10 Å². The van der Waals surface area contributed by atoms with Crippen molar-refractivity contribution in [3.63, 3.8) is 0 Å². The zero-order chi connectivity index (χ0) is 16.7. The number of benzene rings is 2. The maximum atomic E-state index is 12.5. The number of amides is 1. The number of anilines is 1. The fourth-order valence-electron chi connectivity index (χ4n) is 3.05. The molecule has 5 nitrogen and oxygen atoms in total. The highest BCUT2D eigenvalue weighted by molar-refractivity contribution is 5.97. The molecule has 0 spiro atoms. The van der Waals surface area contributed by atoms with E-state index in [0.29, 0.717) is 0 Å². The molecule has 0 aliphatic carbocycles. The molecule has 2 heterocycles. The van der Waals surface area contributed by atoms with Crippen LogP contribution in [0.15, 0.2) is 48.7 Å². The molecule has 1 aromatic heterocycles. The average Bonchev–Trinajstić information content (AvgIpc) is 2.95. The summed E-state index contributed by atoms with van der Waals surface area (Å²) in [5.74, 6) is 0.252. The van der Waals surface area contributed by atoms with Crippen LogP contribution in [0.25, 0.3) is 16.6 Å². The van der Waals surface area contributed by atoms with E-state index in [4.69, 9.17) is 0 Å². The van der Waals surface area contributed by atoms with Gasteiger partial charge in [0.1, 0.15) is 0 Å². The second kappa shape index (κ2) is 5.76. The molecule has 1 amide bonds. The van der Waals surface area contributed by atoms with Crippen LogP contribution < -0.4 is 10.2 Å². The topological polar surface area (TPSA) is 50.2 Å². The normalized spacial score (nSPS) is 14.6. The summed E-state index contributed by atoms with van der Waals surface area (Å²) in [6.07, 6.45) is 1.86. The largest absolute Gasteiger partial charge is 0.315 e. The Bertz CT molecular complexity index is 911. The van der Waals surface area contributed by atoms with Gasteiger partial charge < -0.3 is 10.2 Å². The van der Waals surface area contributed by atoms with Crippen LogP contribution in [0.5, 0.6) is 0 Å². The van der Waals surface area contributed by atoms with E-state index in [9.17, 15) is 4.79 Å². The Morgan fingerprint density at radius 2 is 2.08 bits per heavy atom. The molecule has 0 saturated carbocycles. The number of hydrogen-bond donors (Lipinski definition) is 1. The van der Waals surface area contributed by atoms with Gasteiger partial charge in [-0.1, -0.05) is 12.1 Å². The SMILES string of the molecule is Cc1cccc(-n2ncc3ccc(N(C)C(=O)C4CNC4)cc32)c1. The van der Waals surface area contributed by atoms with E-state index in [1.54, 1.807) is 4.90 Å². The van der Waals surface area contributed by atoms with Crippen LogP contribution in [-0.4, -0.2) is 35.8 Å². The maximum Gasteiger partial charge on any atom is 0.232 e. The third-order valence-corrected chi connectivity index (χ3v) is 4.65. The van der Waals surface area contributed by atoms with Crippen LogP contribution in [0.4, 0.5) is 5.69 Å². The lowest BCUT2D eigenvalue weighted by molar-refractivity contribution is -0.123. The van der Waals surface area contributed by atoms with E-state index in [1.165, 1.54) is 5.56 Å². The summed E-state index contributed by atoms with van der Waals surface area (Å²) in [5, 5.41) is 8.73. The van der Waals surface area contributed by atoms with Crippen molar-refractivity contribution in [2.75, 3.05) is 25.0 Å². The van der Waals surface area contributed by atoms with Gasteiger partial charge in [0.25, 0.3) is 0 Å². The van der Waals surface area contributed by atoms with E-state index >= 15 is 0 Å². The van der Waals surface area contributed by atoms with E-state index in [1.807, 2.05) is 48.3 Å². The van der Waals surface area contributed by atoms with Crippen molar-refractivity contribution in [2.45, 2.75) is 6.92 Å². The molecule has 0 unspecified atom stereocenters. The van der Waals surface area contributed by atoms with Gasteiger partial charge in [0, 0.05) is 31.2 Å². The van der Waals surface area contributed by atoms with Gasteiger partial charge >= 0.3 is 0 Å². The molecule has 4 rings (SSSR count). The molecule has 0 atom stereocenters. The number of fused-ring (bicyclic) bond motifs is 1. The van der Waals surface area contributed by atoms with Gasteiger partial charge in [0.15, 0.2) is 0 Å². The number of aryl methyl sites for hydroxylation is 1. The van der Waals surface area contributed by atoms with E-state index in [-0.39, 0.29) is 11.8 Å². The maximum absolute atomic E-state index is 12.5. The van der Waals surface area contributed by atoms with Crippen molar-refractivity contribution in [3.8, 4) is 5.69 Å². The number of carbonyl (C=O) groups excluding carboxylic acids is 1. The van der Waals surface area contributed by atoms with Gasteiger partial charge in [-0.15, -0.1) is 0 Å². The average molecular weight is 320 g/mol. The summed E-state index contributed by atoms with van der Waals surface area (Å²) in [5.41, 5.74) is 4.12. The first-order valence-electron chi connectivity index (χ1n) is 8.16. The summed E-state index contributed by atoms with van der Waals surface area (Å²) in [6, 6.07) is 14.3. The van der Waals surface area contributed by atoms with Gasteiger partial charge in [-0.05, 0) is 42.8 Å². The van der Waals surface area contributed by atoms with Crippen LogP contribution in [0, 0.1) is 12.8 Å². The molecule has 1 aliphatic heterocycles. The second-order valence-electron chi connectivity index (χ2n) is 6.39.